The maximum absolute atomic E-state index is 12.8. The van der Waals surface area contributed by atoms with Gasteiger partial charge in [0, 0.05) is 19.4 Å². The number of unbranched alkanes of at least 4 members (excludes halogenated alkanes) is 23. The number of hydrogen-bond acceptors (Lipinski definition) is 7. The van der Waals surface area contributed by atoms with Crippen molar-refractivity contribution < 1.29 is 28.6 Å². The van der Waals surface area contributed by atoms with Gasteiger partial charge in [-0.2, -0.15) is 0 Å². The normalized spacial score (nSPS) is 12.9. The maximum Gasteiger partial charge on any atom is 0.306 e. The summed E-state index contributed by atoms with van der Waals surface area (Å²) in [5.74, 6) is -1.61. The smallest absolute Gasteiger partial charge is 0.306 e. The predicted octanol–water partition coefficient (Wildman–Crippen LogP) is 12.1. The van der Waals surface area contributed by atoms with Gasteiger partial charge in [-0.15, -0.1) is 0 Å². The zero-order chi connectivity index (χ0) is 40.5. The Labute approximate surface area is 339 Å². The average molecular weight is 777 g/mol. The number of esters is 2. The summed E-state index contributed by atoms with van der Waals surface area (Å²) in [6.45, 7) is 8.33. The third-order valence-electron chi connectivity index (χ3n) is 10.3. The number of carbonyl (C=O) groups is 3. The van der Waals surface area contributed by atoms with E-state index in [1.54, 1.807) is 0 Å². The van der Waals surface area contributed by atoms with Crippen LogP contribution in [0.2, 0.25) is 0 Å². The average Bonchev–Trinajstić information content (AvgIpc) is 3.17. The molecule has 0 aliphatic rings. The number of primary amides is 1. The molecular formula is C47H88N2O6. The Kier molecular flexibility index (Phi) is 39.8. The summed E-state index contributed by atoms with van der Waals surface area (Å²) >= 11 is 0. The number of nitrogens with two attached hydrogens (primary N) is 1. The van der Waals surface area contributed by atoms with Gasteiger partial charge in [-0.1, -0.05) is 154 Å². The van der Waals surface area contributed by atoms with E-state index in [9.17, 15) is 14.4 Å². The second-order valence-electron chi connectivity index (χ2n) is 15.7. The van der Waals surface area contributed by atoms with E-state index in [2.05, 4.69) is 50.0 Å². The Morgan fingerprint density at radius 1 is 0.527 bits per heavy atom. The molecule has 2 atom stereocenters. The highest BCUT2D eigenvalue weighted by Gasteiger charge is 2.32. The van der Waals surface area contributed by atoms with Crippen LogP contribution in [0.5, 0.6) is 0 Å². The minimum Gasteiger partial charge on any atom is -0.463 e. The molecule has 0 saturated carbocycles. The van der Waals surface area contributed by atoms with Gasteiger partial charge in [0.25, 0.3) is 5.91 Å². The molecule has 55 heavy (non-hydrogen) atoms. The highest BCUT2D eigenvalue weighted by atomic mass is 16.6. The van der Waals surface area contributed by atoms with Crippen LogP contribution in [0.25, 0.3) is 0 Å². The number of amides is 1. The van der Waals surface area contributed by atoms with E-state index in [1.807, 2.05) is 7.05 Å². The van der Waals surface area contributed by atoms with E-state index in [0.717, 1.165) is 83.6 Å². The van der Waals surface area contributed by atoms with Crippen molar-refractivity contribution in [2.75, 3.05) is 33.4 Å². The first-order valence-corrected chi connectivity index (χ1v) is 23.1. The Balaban J connectivity index is 4.49. The lowest BCUT2D eigenvalue weighted by molar-refractivity contribution is -0.171. The van der Waals surface area contributed by atoms with Crippen LogP contribution < -0.4 is 5.73 Å². The molecule has 0 rings (SSSR count). The van der Waals surface area contributed by atoms with Crippen molar-refractivity contribution in [2.45, 2.75) is 226 Å². The second-order valence-corrected chi connectivity index (χ2v) is 15.7. The van der Waals surface area contributed by atoms with E-state index in [1.165, 1.54) is 96.3 Å². The summed E-state index contributed by atoms with van der Waals surface area (Å²) in [5.41, 5.74) is 5.72. The number of allylic oxidation sites excluding steroid dienone is 4. The van der Waals surface area contributed by atoms with Gasteiger partial charge in [-0.25, -0.2) is 0 Å². The summed E-state index contributed by atoms with van der Waals surface area (Å²) in [6, 6.07) is 0. The Morgan fingerprint density at radius 2 is 0.927 bits per heavy atom. The molecule has 0 saturated heterocycles. The summed E-state index contributed by atoms with van der Waals surface area (Å²) in [5, 5.41) is 0. The van der Waals surface area contributed by atoms with Crippen LogP contribution in [0.3, 0.4) is 0 Å². The fourth-order valence-electron chi connectivity index (χ4n) is 6.57. The number of rotatable bonds is 42. The van der Waals surface area contributed by atoms with Gasteiger partial charge in [0.1, 0.15) is 12.7 Å². The molecule has 0 aliphatic carbocycles. The SMILES string of the molecule is CCCCCCCC/C=C\CCCCCCCC(=O)OCC(OCCN(C)CCCC)C(OC(=O)CCCCCCC/C=C\CCCCCCCC)C(N)=O. The highest BCUT2D eigenvalue weighted by Crippen LogP contribution is 2.14. The molecular weight excluding hydrogens is 689 g/mol. The summed E-state index contributed by atoms with van der Waals surface area (Å²) in [6.07, 6.45) is 40.5. The first-order valence-electron chi connectivity index (χ1n) is 23.1. The van der Waals surface area contributed by atoms with E-state index in [-0.39, 0.29) is 19.0 Å². The van der Waals surface area contributed by atoms with Crippen LogP contribution in [-0.4, -0.2) is 68.3 Å². The van der Waals surface area contributed by atoms with Crippen molar-refractivity contribution in [3.8, 4) is 0 Å². The van der Waals surface area contributed by atoms with Crippen molar-refractivity contribution >= 4 is 17.8 Å². The van der Waals surface area contributed by atoms with Crippen LogP contribution in [0.1, 0.15) is 213 Å². The van der Waals surface area contributed by atoms with E-state index >= 15 is 0 Å². The molecule has 0 radical (unpaired) electrons. The molecule has 0 heterocycles. The first kappa shape index (κ1) is 52.8. The van der Waals surface area contributed by atoms with Crippen LogP contribution in [-0.2, 0) is 28.6 Å². The van der Waals surface area contributed by atoms with Gasteiger partial charge < -0.3 is 24.8 Å². The summed E-state index contributed by atoms with van der Waals surface area (Å²) in [4.78, 5) is 40.1. The van der Waals surface area contributed by atoms with E-state index in [0.29, 0.717) is 26.0 Å². The van der Waals surface area contributed by atoms with Crippen molar-refractivity contribution in [3.63, 3.8) is 0 Å². The minimum absolute atomic E-state index is 0.184. The third kappa shape index (κ3) is 37.2. The van der Waals surface area contributed by atoms with Gasteiger partial charge in [0.2, 0.25) is 6.10 Å². The van der Waals surface area contributed by atoms with Crippen molar-refractivity contribution in [2.24, 2.45) is 5.73 Å². The quantitative estimate of drug-likeness (QED) is 0.0373. The number of carbonyl (C=O) groups excluding carboxylic acids is 3. The minimum atomic E-state index is -1.32. The van der Waals surface area contributed by atoms with Crippen molar-refractivity contribution in [1.29, 1.82) is 0 Å². The molecule has 0 fully saturated rings. The number of likely N-dealkylation sites (N-methyl/N-ethyl adjacent to an activating group) is 1. The maximum atomic E-state index is 12.8. The molecule has 322 valence electrons. The van der Waals surface area contributed by atoms with Gasteiger partial charge in [-0.3, -0.25) is 14.4 Å². The number of hydrogen-bond donors (Lipinski definition) is 1. The van der Waals surface area contributed by atoms with Crippen molar-refractivity contribution in [1.82, 2.24) is 4.90 Å². The zero-order valence-electron chi connectivity index (χ0n) is 36.5. The van der Waals surface area contributed by atoms with Crippen LogP contribution in [0.15, 0.2) is 24.3 Å². The standard InChI is InChI=1S/C47H88N2O6/c1-5-8-11-13-15-17-19-21-23-25-27-29-31-33-35-37-44(50)54-42-43(53-41-40-49(4)39-10-7-3)46(47(48)52)55-45(51)38-36-34-32-30-28-26-24-22-20-18-16-14-12-9-6-2/h21-24,43,46H,5-20,25-42H2,1-4H3,(H2,48,52)/b23-21-,24-22-. The molecule has 2 N–H and O–H groups in total. The fraction of sp³-hybridized carbons (Fsp3) is 0.851. The van der Waals surface area contributed by atoms with Gasteiger partial charge >= 0.3 is 11.9 Å². The van der Waals surface area contributed by atoms with Crippen LogP contribution >= 0.6 is 0 Å². The molecule has 0 aromatic rings. The van der Waals surface area contributed by atoms with E-state index in [4.69, 9.17) is 19.9 Å². The lowest BCUT2D eigenvalue weighted by atomic mass is 10.1. The molecule has 1 amide bonds. The molecule has 8 heteroatoms. The Morgan fingerprint density at radius 3 is 1.36 bits per heavy atom. The highest BCUT2D eigenvalue weighted by molar-refractivity contribution is 5.83. The number of ether oxygens (including phenoxy) is 3. The van der Waals surface area contributed by atoms with Crippen LogP contribution in [0, 0.1) is 0 Å². The molecule has 0 aliphatic heterocycles. The molecule has 8 nitrogen and oxygen atoms in total. The molecule has 0 aromatic carbocycles. The fourth-order valence-corrected chi connectivity index (χ4v) is 6.57. The molecule has 2 unspecified atom stereocenters. The topological polar surface area (TPSA) is 108 Å². The Bertz CT molecular complexity index is 938. The van der Waals surface area contributed by atoms with Crippen LogP contribution in [0.4, 0.5) is 0 Å². The zero-order valence-corrected chi connectivity index (χ0v) is 36.5. The summed E-state index contributed by atoms with van der Waals surface area (Å²) < 4.78 is 17.2. The summed E-state index contributed by atoms with van der Waals surface area (Å²) in [7, 11) is 2.02. The molecule has 0 bridgehead atoms. The first-order chi connectivity index (χ1) is 26.8. The lowest BCUT2D eigenvalue weighted by Gasteiger charge is -2.26. The van der Waals surface area contributed by atoms with Gasteiger partial charge in [0.05, 0.1) is 6.61 Å². The predicted molar refractivity (Wildman–Crippen MR) is 231 cm³/mol. The monoisotopic (exact) mass is 777 g/mol. The second kappa shape index (κ2) is 41.4. The Hall–Kier alpha value is -2.19. The van der Waals surface area contributed by atoms with Gasteiger partial charge in [-0.05, 0) is 84.2 Å². The number of nitrogens with zero attached hydrogens (tertiary/aromatic N) is 1. The lowest BCUT2D eigenvalue weighted by Crippen LogP contribution is -2.47. The largest absolute Gasteiger partial charge is 0.463 e. The van der Waals surface area contributed by atoms with Crippen molar-refractivity contribution in [3.05, 3.63) is 24.3 Å². The van der Waals surface area contributed by atoms with Gasteiger partial charge in [0.15, 0.2) is 0 Å². The third-order valence-corrected chi connectivity index (χ3v) is 10.3. The van der Waals surface area contributed by atoms with E-state index < -0.39 is 24.1 Å². The molecule has 0 aromatic heterocycles. The molecule has 0 spiro atoms.